The Balaban J connectivity index is 1.24. The molecule has 0 N–H and O–H groups in total. The summed E-state index contributed by atoms with van der Waals surface area (Å²) in [7, 11) is 0. The van der Waals surface area contributed by atoms with Crippen molar-refractivity contribution in [1.29, 1.82) is 0 Å². The van der Waals surface area contributed by atoms with Gasteiger partial charge in [0.1, 0.15) is 0 Å². The van der Waals surface area contributed by atoms with Crippen LogP contribution in [0.5, 0.6) is 0 Å². The van der Waals surface area contributed by atoms with Crippen LogP contribution in [-0.2, 0) is 32.6 Å². The molecule has 1 fully saturated rings. The number of rotatable bonds is 6. The lowest BCUT2D eigenvalue weighted by Crippen LogP contribution is -2.36. The van der Waals surface area contributed by atoms with Crippen LogP contribution in [0, 0.1) is 13.8 Å². The van der Waals surface area contributed by atoms with Crippen LogP contribution in [0.1, 0.15) is 58.3 Å². The first-order chi connectivity index (χ1) is 16.0. The normalized spacial score (nSPS) is 18.6. The van der Waals surface area contributed by atoms with Gasteiger partial charge in [0.25, 0.3) is 5.91 Å². The zero-order valence-corrected chi connectivity index (χ0v) is 19.9. The number of amides is 1. The van der Waals surface area contributed by atoms with E-state index in [2.05, 4.69) is 64.0 Å². The van der Waals surface area contributed by atoms with Crippen molar-refractivity contribution < 1.29 is 4.79 Å². The molecule has 1 atom stereocenters. The van der Waals surface area contributed by atoms with Crippen LogP contribution in [-0.4, -0.2) is 59.6 Å². The second-order valence-corrected chi connectivity index (χ2v) is 9.30. The third-order valence-electron chi connectivity index (χ3n) is 7.26. The molecule has 8 heteroatoms. The minimum absolute atomic E-state index is 0.0303. The van der Waals surface area contributed by atoms with E-state index in [1.54, 1.807) is 0 Å². The van der Waals surface area contributed by atoms with Crippen LogP contribution < -0.4 is 0 Å². The van der Waals surface area contributed by atoms with Gasteiger partial charge in [0.05, 0.1) is 18.4 Å². The second-order valence-electron chi connectivity index (χ2n) is 9.30. The van der Waals surface area contributed by atoms with Gasteiger partial charge < -0.3 is 4.90 Å². The van der Waals surface area contributed by atoms with Gasteiger partial charge in [0.2, 0.25) is 0 Å². The van der Waals surface area contributed by atoms with Gasteiger partial charge >= 0.3 is 0 Å². The van der Waals surface area contributed by atoms with Gasteiger partial charge in [-0.3, -0.25) is 19.1 Å². The number of benzene rings is 1. The Morgan fingerprint density at radius 1 is 1.15 bits per heavy atom. The summed E-state index contributed by atoms with van der Waals surface area (Å²) in [6, 6.07) is 8.74. The number of likely N-dealkylation sites (tertiary alicyclic amines) is 1. The molecular formula is C25H33N7O. The summed E-state index contributed by atoms with van der Waals surface area (Å²) in [5.74, 6) is -0.0303. The van der Waals surface area contributed by atoms with Gasteiger partial charge in [-0.05, 0) is 57.7 Å². The standard InChI is InChI=1S/C25H33N7O/c1-4-32-19(3)23(18(2)27-32)16-29-12-7-10-22(29)15-31-17-24(26-28-31)25(33)30-13-11-20-8-5-6-9-21(20)14-30/h5-6,8-9,17,22H,4,7,10-16H2,1-3H3/t22-/m0/s1. The van der Waals surface area contributed by atoms with Crippen molar-refractivity contribution in [2.75, 3.05) is 13.1 Å². The van der Waals surface area contributed by atoms with Crippen molar-refractivity contribution in [3.05, 3.63) is 64.2 Å². The van der Waals surface area contributed by atoms with Crippen LogP contribution in [0.3, 0.4) is 0 Å². The van der Waals surface area contributed by atoms with E-state index in [4.69, 9.17) is 0 Å². The fraction of sp³-hybridized carbons (Fsp3) is 0.520. The summed E-state index contributed by atoms with van der Waals surface area (Å²) in [6.07, 6.45) is 5.02. The second kappa shape index (κ2) is 9.09. The van der Waals surface area contributed by atoms with E-state index in [0.29, 0.717) is 18.3 Å². The minimum atomic E-state index is -0.0303. The van der Waals surface area contributed by atoms with Gasteiger partial charge in [-0.1, -0.05) is 29.5 Å². The topological polar surface area (TPSA) is 72.1 Å². The van der Waals surface area contributed by atoms with Crippen molar-refractivity contribution in [1.82, 2.24) is 34.6 Å². The average molecular weight is 448 g/mol. The molecule has 0 saturated carbocycles. The maximum absolute atomic E-state index is 13.1. The molecule has 0 spiro atoms. The quantitative estimate of drug-likeness (QED) is 0.581. The zero-order chi connectivity index (χ0) is 22.9. The summed E-state index contributed by atoms with van der Waals surface area (Å²) in [6.45, 7) is 11.4. The fourth-order valence-corrected chi connectivity index (χ4v) is 5.32. The lowest BCUT2D eigenvalue weighted by Gasteiger charge is -2.28. The first-order valence-corrected chi connectivity index (χ1v) is 12.1. The molecule has 3 aromatic rings. The summed E-state index contributed by atoms with van der Waals surface area (Å²) >= 11 is 0. The molecule has 2 aliphatic rings. The van der Waals surface area contributed by atoms with E-state index in [1.807, 2.05) is 21.8 Å². The van der Waals surface area contributed by atoms with E-state index in [0.717, 1.165) is 51.3 Å². The molecule has 1 amide bonds. The summed E-state index contributed by atoms with van der Waals surface area (Å²) in [4.78, 5) is 17.5. The molecule has 2 aromatic heterocycles. The molecule has 0 radical (unpaired) electrons. The molecule has 0 aliphatic carbocycles. The van der Waals surface area contributed by atoms with Crippen LogP contribution in [0.2, 0.25) is 0 Å². The Kier molecular flexibility index (Phi) is 6.01. The number of aromatic nitrogens is 5. The third-order valence-corrected chi connectivity index (χ3v) is 7.26. The maximum atomic E-state index is 13.1. The third kappa shape index (κ3) is 4.31. The van der Waals surface area contributed by atoms with Crippen LogP contribution in [0.4, 0.5) is 0 Å². The van der Waals surface area contributed by atoms with E-state index >= 15 is 0 Å². The van der Waals surface area contributed by atoms with Crippen molar-refractivity contribution in [3.8, 4) is 0 Å². The first kappa shape index (κ1) is 21.8. The fourth-order valence-electron chi connectivity index (χ4n) is 5.32. The number of hydrogen-bond acceptors (Lipinski definition) is 5. The summed E-state index contributed by atoms with van der Waals surface area (Å²) in [5.41, 5.74) is 6.72. The van der Waals surface area contributed by atoms with Gasteiger partial charge in [-0.2, -0.15) is 5.10 Å². The average Bonchev–Trinajstić information content (AvgIpc) is 3.55. The highest BCUT2D eigenvalue weighted by Gasteiger charge is 2.28. The molecule has 8 nitrogen and oxygen atoms in total. The van der Waals surface area contributed by atoms with Crippen LogP contribution >= 0.6 is 0 Å². The largest absolute Gasteiger partial charge is 0.333 e. The highest BCUT2D eigenvalue weighted by molar-refractivity contribution is 5.92. The number of nitrogens with zero attached hydrogens (tertiary/aromatic N) is 7. The highest BCUT2D eigenvalue weighted by atomic mass is 16.2. The predicted octanol–water partition coefficient (Wildman–Crippen LogP) is 2.97. The Morgan fingerprint density at radius 2 is 1.97 bits per heavy atom. The van der Waals surface area contributed by atoms with Gasteiger partial charge in [-0.15, -0.1) is 5.10 Å². The van der Waals surface area contributed by atoms with Gasteiger partial charge in [0, 0.05) is 43.5 Å². The summed E-state index contributed by atoms with van der Waals surface area (Å²) in [5, 5.41) is 13.2. The lowest BCUT2D eigenvalue weighted by molar-refractivity contribution is 0.0728. The number of carbonyl (C=O) groups is 1. The Hall–Kier alpha value is -3.00. The molecule has 5 rings (SSSR count). The van der Waals surface area contributed by atoms with Crippen molar-refractivity contribution in [3.63, 3.8) is 0 Å². The van der Waals surface area contributed by atoms with Crippen molar-refractivity contribution in [2.45, 2.75) is 72.3 Å². The predicted molar refractivity (Wildman–Crippen MR) is 126 cm³/mol. The van der Waals surface area contributed by atoms with Gasteiger partial charge in [-0.25, -0.2) is 0 Å². The maximum Gasteiger partial charge on any atom is 0.276 e. The molecule has 2 aliphatic heterocycles. The molecule has 1 aromatic carbocycles. The van der Waals surface area contributed by atoms with Crippen LogP contribution in [0.25, 0.3) is 0 Å². The van der Waals surface area contributed by atoms with E-state index in [-0.39, 0.29) is 5.91 Å². The molecule has 0 unspecified atom stereocenters. The van der Waals surface area contributed by atoms with Crippen molar-refractivity contribution in [2.24, 2.45) is 0 Å². The Morgan fingerprint density at radius 3 is 2.76 bits per heavy atom. The summed E-state index contributed by atoms with van der Waals surface area (Å²) < 4.78 is 3.94. The first-order valence-electron chi connectivity index (χ1n) is 12.1. The number of aryl methyl sites for hydroxylation is 2. The lowest BCUT2D eigenvalue weighted by atomic mass is 10.00. The highest BCUT2D eigenvalue weighted by Crippen LogP contribution is 2.25. The molecule has 174 valence electrons. The van der Waals surface area contributed by atoms with E-state index in [1.165, 1.54) is 28.8 Å². The van der Waals surface area contributed by atoms with Gasteiger partial charge in [0.15, 0.2) is 5.69 Å². The molecule has 0 bridgehead atoms. The SMILES string of the molecule is CCn1nc(C)c(CN2CCC[C@H]2Cn2cc(C(=O)N3CCc4ccccc4C3)nn2)c1C. The van der Waals surface area contributed by atoms with Crippen LogP contribution in [0.15, 0.2) is 30.5 Å². The minimum Gasteiger partial charge on any atom is -0.333 e. The molecule has 1 saturated heterocycles. The number of carbonyl (C=O) groups excluding carboxylic acids is 1. The Bertz CT molecular complexity index is 1150. The van der Waals surface area contributed by atoms with E-state index < -0.39 is 0 Å². The molecular weight excluding hydrogens is 414 g/mol. The Labute approximate surface area is 195 Å². The number of fused-ring (bicyclic) bond motifs is 1. The molecule has 4 heterocycles. The van der Waals surface area contributed by atoms with Crippen molar-refractivity contribution >= 4 is 5.91 Å². The van der Waals surface area contributed by atoms with E-state index in [9.17, 15) is 4.79 Å². The number of hydrogen-bond donors (Lipinski definition) is 0. The molecule has 33 heavy (non-hydrogen) atoms. The zero-order valence-electron chi connectivity index (χ0n) is 19.9. The smallest absolute Gasteiger partial charge is 0.276 e. The monoisotopic (exact) mass is 447 g/mol.